The third-order valence-corrected chi connectivity index (χ3v) is 0.847. The molecule has 0 aromatic carbocycles. The van der Waals surface area contributed by atoms with Gasteiger partial charge in [-0.1, -0.05) is 0 Å². The van der Waals surface area contributed by atoms with Crippen LogP contribution in [0.4, 0.5) is 0 Å². The zero-order valence-electron chi connectivity index (χ0n) is 7.24. The van der Waals surface area contributed by atoms with Gasteiger partial charge in [0.1, 0.15) is 0 Å². The summed E-state index contributed by atoms with van der Waals surface area (Å²) in [6, 6.07) is 0. The van der Waals surface area contributed by atoms with Crippen LogP contribution in [0.5, 0.6) is 0 Å². The highest BCUT2D eigenvalue weighted by molar-refractivity contribution is 5.75. The predicted molar refractivity (Wildman–Crippen MR) is 45.2 cm³/mol. The lowest BCUT2D eigenvalue weighted by molar-refractivity contribution is 0.478. The lowest BCUT2D eigenvalue weighted by Crippen LogP contribution is -2.34. The number of hydrogen-bond donors (Lipinski definition) is 1. The number of hydrogen-bond acceptors (Lipinski definition) is 1. The van der Waals surface area contributed by atoms with Gasteiger partial charge < -0.3 is 20.9 Å². The first-order valence-corrected chi connectivity index (χ1v) is 2.89. The molecule has 64 valence electrons. The fourth-order valence-corrected chi connectivity index (χ4v) is 0.400. The standard InChI is InChI=1S/C5H13N3.N3/c1-7(2)5(6)8(3)4;1-3-2/h6H,1-4H3;/q;-1. The van der Waals surface area contributed by atoms with Crippen LogP contribution in [0.2, 0.25) is 0 Å². The van der Waals surface area contributed by atoms with Crippen molar-refractivity contribution in [1.29, 1.82) is 5.41 Å². The smallest absolute Gasteiger partial charge is 0.192 e. The average molecular weight is 157 g/mol. The van der Waals surface area contributed by atoms with Crippen LogP contribution in [0.3, 0.4) is 0 Å². The second kappa shape index (κ2) is 6.70. The Hall–Kier alpha value is -1.42. The first-order valence-electron chi connectivity index (χ1n) is 2.89. The van der Waals surface area contributed by atoms with Crippen LogP contribution in [0, 0.1) is 5.41 Å². The zero-order valence-corrected chi connectivity index (χ0v) is 7.24. The summed E-state index contributed by atoms with van der Waals surface area (Å²) in [7, 11) is 7.40. The molecule has 0 heterocycles. The molecule has 0 spiro atoms. The van der Waals surface area contributed by atoms with E-state index in [4.69, 9.17) is 16.5 Å². The van der Waals surface area contributed by atoms with Gasteiger partial charge in [-0.2, -0.15) is 0 Å². The van der Waals surface area contributed by atoms with Crippen LogP contribution in [0.1, 0.15) is 0 Å². The van der Waals surface area contributed by atoms with Gasteiger partial charge in [-0.25, -0.2) is 0 Å². The van der Waals surface area contributed by atoms with E-state index in [0.717, 1.165) is 0 Å². The summed E-state index contributed by atoms with van der Waals surface area (Å²) in [4.78, 5) is 5.00. The zero-order chi connectivity index (χ0) is 9.44. The minimum absolute atomic E-state index is 0.519. The Bertz CT molecular complexity index is 133. The third kappa shape index (κ3) is 8.58. The highest BCUT2D eigenvalue weighted by Gasteiger charge is 1.97. The Morgan fingerprint density at radius 3 is 1.27 bits per heavy atom. The van der Waals surface area contributed by atoms with Crippen molar-refractivity contribution >= 4 is 5.96 Å². The van der Waals surface area contributed by atoms with Crippen LogP contribution < -0.4 is 0 Å². The van der Waals surface area contributed by atoms with Crippen LogP contribution in [-0.4, -0.2) is 44.0 Å². The van der Waals surface area contributed by atoms with Gasteiger partial charge in [-0.05, 0) is 0 Å². The molecule has 0 bridgehead atoms. The fourth-order valence-electron chi connectivity index (χ4n) is 0.400. The summed E-state index contributed by atoms with van der Waals surface area (Å²) >= 11 is 0. The lowest BCUT2D eigenvalue weighted by Gasteiger charge is -2.19. The van der Waals surface area contributed by atoms with E-state index in [2.05, 4.69) is 0 Å². The molecule has 0 atom stereocenters. The lowest BCUT2D eigenvalue weighted by atomic mass is 10.7. The summed E-state index contributed by atoms with van der Waals surface area (Å²) in [5.74, 6) is 0.519. The first kappa shape index (κ1) is 12.3. The molecule has 1 N–H and O–H groups in total. The number of nitrogens with one attached hydrogen (secondary N) is 1. The molecule has 0 radical (unpaired) electrons. The Morgan fingerprint density at radius 2 is 1.27 bits per heavy atom. The van der Waals surface area contributed by atoms with E-state index in [9.17, 15) is 0 Å². The van der Waals surface area contributed by atoms with Crippen LogP contribution in [-0.2, 0) is 0 Å². The molecule has 0 saturated carbocycles. The van der Waals surface area contributed by atoms with Crippen LogP contribution in [0.25, 0.3) is 16.0 Å². The molecule has 0 aliphatic heterocycles. The van der Waals surface area contributed by atoms with Gasteiger partial charge >= 0.3 is 0 Å². The van der Waals surface area contributed by atoms with Crippen molar-refractivity contribution in [2.75, 3.05) is 28.2 Å². The monoisotopic (exact) mass is 157 g/mol. The molecule has 0 aliphatic rings. The Labute approximate surface area is 66.3 Å². The number of rotatable bonds is 0. The fraction of sp³-hybridized carbons (Fsp3) is 0.800. The second-order valence-electron chi connectivity index (χ2n) is 2.20. The summed E-state index contributed by atoms with van der Waals surface area (Å²) < 4.78 is 0. The molecule has 0 amide bonds. The van der Waals surface area contributed by atoms with Gasteiger partial charge in [0, 0.05) is 28.2 Å². The maximum absolute atomic E-state index is 7.25. The Balaban J connectivity index is 0. The van der Waals surface area contributed by atoms with Gasteiger partial charge in [0.05, 0.1) is 0 Å². The first-order chi connectivity index (χ1) is 4.97. The van der Waals surface area contributed by atoms with Crippen molar-refractivity contribution in [3.05, 3.63) is 16.0 Å². The molecule has 0 fully saturated rings. The van der Waals surface area contributed by atoms with E-state index in [-0.39, 0.29) is 0 Å². The van der Waals surface area contributed by atoms with E-state index < -0.39 is 0 Å². The number of guanidine groups is 1. The van der Waals surface area contributed by atoms with Crippen molar-refractivity contribution in [1.82, 2.24) is 9.80 Å². The Morgan fingerprint density at radius 1 is 1.09 bits per heavy atom. The summed E-state index contributed by atoms with van der Waals surface area (Å²) in [6.45, 7) is 0. The average Bonchev–Trinajstić information content (AvgIpc) is 1.87. The molecule has 0 aromatic heterocycles. The van der Waals surface area contributed by atoms with Gasteiger partial charge in [-0.3, -0.25) is 10.3 Å². The highest BCUT2D eigenvalue weighted by Crippen LogP contribution is 1.80. The minimum Gasteiger partial charge on any atom is -0.373 e. The molecule has 0 saturated heterocycles. The third-order valence-electron chi connectivity index (χ3n) is 0.847. The van der Waals surface area contributed by atoms with Crippen molar-refractivity contribution in [3.8, 4) is 0 Å². The summed E-state index contributed by atoms with van der Waals surface area (Å²) in [5, 5.41) is 7.25. The second-order valence-corrected chi connectivity index (χ2v) is 2.20. The molecule has 0 unspecified atom stereocenters. The number of nitrogens with zero attached hydrogens (tertiary/aromatic N) is 5. The maximum Gasteiger partial charge on any atom is 0.192 e. The quantitative estimate of drug-likeness (QED) is 0.186. The molecule has 6 nitrogen and oxygen atoms in total. The normalized spacial score (nSPS) is 6.91. The predicted octanol–water partition coefficient (Wildman–Crippen LogP) is 0.910. The SMILES string of the molecule is CN(C)C(=N)N(C)C.[N-]=[N+]=[N-]. The van der Waals surface area contributed by atoms with Crippen molar-refractivity contribution < 1.29 is 0 Å². The maximum atomic E-state index is 7.25. The molecule has 0 aromatic rings. The molecule has 0 aliphatic carbocycles. The molecular weight excluding hydrogens is 144 g/mol. The largest absolute Gasteiger partial charge is 0.373 e. The van der Waals surface area contributed by atoms with Gasteiger partial charge in [0.15, 0.2) is 5.96 Å². The van der Waals surface area contributed by atoms with Crippen molar-refractivity contribution in [3.63, 3.8) is 0 Å². The topological polar surface area (TPSA) is 89.0 Å². The highest BCUT2D eigenvalue weighted by atomic mass is 15.3. The minimum atomic E-state index is 0.519. The van der Waals surface area contributed by atoms with Crippen LogP contribution in [0.15, 0.2) is 0 Å². The van der Waals surface area contributed by atoms with Gasteiger partial charge in [-0.15, -0.1) is 0 Å². The van der Waals surface area contributed by atoms with E-state index in [0.29, 0.717) is 5.96 Å². The molecule has 11 heavy (non-hydrogen) atoms. The summed E-state index contributed by atoms with van der Waals surface area (Å²) in [6.07, 6.45) is 0. The van der Waals surface area contributed by atoms with E-state index in [1.165, 1.54) is 4.91 Å². The van der Waals surface area contributed by atoms with Gasteiger partial charge in [0.2, 0.25) is 0 Å². The van der Waals surface area contributed by atoms with Gasteiger partial charge in [0.25, 0.3) is 0 Å². The van der Waals surface area contributed by atoms with E-state index >= 15 is 0 Å². The Kier molecular flexibility index (Phi) is 7.47. The van der Waals surface area contributed by atoms with E-state index in [1.807, 2.05) is 28.2 Å². The summed E-state index contributed by atoms with van der Waals surface area (Å²) in [5.41, 5.74) is 13.5. The van der Waals surface area contributed by atoms with E-state index in [1.54, 1.807) is 9.80 Å². The molecule has 6 heteroatoms. The van der Waals surface area contributed by atoms with Crippen molar-refractivity contribution in [2.24, 2.45) is 0 Å². The molecule has 0 rings (SSSR count). The van der Waals surface area contributed by atoms with Crippen molar-refractivity contribution in [2.45, 2.75) is 0 Å². The van der Waals surface area contributed by atoms with Crippen LogP contribution >= 0.6 is 0 Å². The molecular formula is C5H13N6-.